The molecule has 0 saturated heterocycles. The molecule has 0 radical (unpaired) electrons. The van der Waals surface area contributed by atoms with Crippen LogP contribution >= 0.6 is 12.4 Å². The van der Waals surface area contributed by atoms with E-state index in [4.69, 9.17) is 9.84 Å². The van der Waals surface area contributed by atoms with Crippen molar-refractivity contribution in [2.45, 2.75) is 18.9 Å². The van der Waals surface area contributed by atoms with E-state index >= 15 is 0 Å². The van der Waals surface area contributed by atoms with Crippen LogP contribution in [0.2, 0.25) is 0 Å². The van der Waals surface area contributed by atoms with Gasteiger partial charge in [0.2, 0.25) is 0 Å². The van der Waals surface area contributed by atoms with Crippen molar-refractivity contribution in [3.63, 3.8) is 0 Å². The fourth-order valence-electron chi connectivity index (χ4n) is 0.716. The second kappa shape index (κ2) is 4.17. The lowest BCUT2D eigenvalue weighted by Gasteiger charge is -2.13. The maximum Gasteiger partial charge on any atom is 0.344 e. The number of carboxylic acid groups (broad SMARTS) is 1. The lowest BCUT2D eigenvalue weighted by Crippen LogP contribution is -2.23. The fraction of sp³-hybridized carbons (Fsp3) is 0.500. The van der Waals surface area contributed by atoms with E-state index < -0.39 is 12.1 Å². The molecule has 4 heteroatoms. The first-order valence-electron chi connectivity index (χ1n) is 2.84. The monoisotopic (exact) mass is 164 g/mol. The summed E-state index contributed by atoms with van der Waals surface area (Å²) in [6.45, 7) is 0. The molecular formula is C6H9ClO3. The van der Waals surface area contributed by atoms with Gasteiger partial charge in [0.25, 0.3) is 0 Å². The van der Waals surface area contributed by atoms with Crippen LogP contribution in [0.3, 0.4) is 0 Å². The molecule has 0 aromatic carbocycles. The molecule has 1 atom stereocenters. The van der Waals surface area contributed by atoms with Gasteiger partial charge in [0.1, 0.15) is 0 Å². The highest BCUT2D eigenvalue weighted by atomic mass is 35.5. The molecule has 3 nitrogen and oxygen atoms in total. The Kier molecular flexibility index (Phi) is 3.88. The van der Waals surface area contributed by atoms with E-state index in [0.29, 0.717) is 6.42 Å². The number of rotatable bonds is 1. The topological polar surface area (TPSA) is 46.5 Å². The Morgan fingerprint density at radius 3 is 2.70 bits per heavy atom. The number of hydrogen-bond donors (Lipinski definition) is 1. The van der Waals surface area contributed by atoms with Crippen LogP contribution in [0.1, 0.15) is 12.8 Å². The summed E-state index contributed by atoms with van der Waals surface area (Å²) in [6, 6.07) is 0. The van der Waals surface area contributed by atoms with Crippen LogP contribution in [0.5, 0.6) is 0 Å². The minimum atomic E-state index is -0.876. The van der Waals surface area contributed by atoms with E-state index in [0.717, 1.165) is 6.42 Å². The molecule has 10 heavy (non-hydrogen) atoms. The second-order valence-corrected chi connectivity index (χ2v) is 1.91. The summed E-state index contributed by atoms with van der Waals surface area (Å²) in [6.07, 6.45) is 4.04. The smallest absolute Gasteiger partial charge is 0.344 e. The summed E-state index contributed by atoms with van der Waals surface area (Å²) in [7, 11) is 0. The number of aliphatic carboxylic acids is 1. The molecule has 1 aliphatic rings. The van der Waals surface area contributed by atoms with Gasteiger partial charge in [-0.1, -0.05) is 0 Å². The molecule has 0 bridgehead atoms. The molecule has 0 aromatic rings. The molecule has 1 N–H and O–H groups in total. The number of carboxylic acids is 1. The van der Waals surface area contributed by atoms with Gasteiger partial charge in [0.15, 0.2) is 6.10 Å². The maximum atomic E-state index is 10.2. The normalized spacial score (nSPS) is 22.6. The SMILES string of the molecule is Cl.O=C(O)C1CCC=CO1. The van der Waals surface area contributed by atoms with E-state index in [9.17, 15) is 4.79 Å². The van der Waals surface area contributed by atoms with Gasteiger partial charge in [-0.25, -0.2) is 4.79 Å². The van der Waals surface area contributed by atoms with Crippen LogP contribution in [0.15, 0.2) is 12.3 Å². The first kappa shape index (κ1) is 9.30. The molecule has 1 rings (SSSR count). The van der Waals surface area contributed by atoms with Crippen LogP contribution in [-0.2, 0) is 9.53 Å². The van der Waals surface area contributed by atoms with Crippen molar-refractivity contribution in [3.05, 3.63) is 12.3 Å². The van der Waals surface area contributed by atoms with Crippen LogP contribution in [0, 0.1) is 0 Å². The molecule has 0 fully saturated rings. The fourth-order valence-corrected chi connectivity index (χ4v) is 0.716. The third-order valence-electron chi connectivity index (χ3n) is 1.21. The van der Waals surface area contributed by atoms with E-state index in [2.05, 4.69) is 0 Å². The van der Waals surface area contributed by atoms with Crippen molar-refractivity contribution in [3.8, 4) is 0 Å². The molecule has 0 aliphatic carbocycles. The predicted octanol–water partition coefficient (Wildman–Crippen LogP) is 1.19. The summed E-state index contributed by atoms with van der Waals surface area (Å²) in [5, 5.41) is 8.38. The molecule has 0 aromatic heterocycles. The number of hydrogen-bond acceptors (Lipinski definition) is 2. The second-order valence-electron chi connectivity index (χ2n) is 1.91. The van der Waals surface area contributed by atoms with E-state index in [1.165, 1.54) is 6.26 Å². The Bertz CT molecular complexity index is 144. The Hall–Kier alpha value is -0.700. The predicted molar refractivity (Wildman–Crippen MR) is 38.1 cm³/mol. The van der Waals surface area contributed by atoms with Crippen molar-refractivity contribution in [2.75, 3.05) is 0 Å². The van der Waals surface area contributed by atoms with Gasteiger partial charge in [-0.15, -0.1) is 12.4 Å². The average molecular weight is 165 g/mol. The van der Waals surface area contributed by atoms with Crippen LogP contribution < -0.4 is 0 Å². The van der Waals surface area contributed by atoms with Gasteiger partial charge in [-0.3, -0.25) is 0 Å². The summed E-state index contributed by atoms with van der Waals surface area (Å²) in [5.41, 5.74) is 0. The molecule has 0 amide bonds. The largest absolute Gasteiger partial charge is 0.487 e. The van der Waals surface area contributed by atoms with E-state index in [-0.39, 0.29) is 12.4 Å². The zero-order valence-corrected chi connectivity index (χ0v) is 6.13. The molecule has 0 spiro atoms. The summed E-state index contributed by atoms with van der Waals surface area (Å²) in [5.74, 6) is -0.876. The minimum Gasteiger partial charge on any atom is -0.487 e. The number of halogens is 1. The zero-order chi connectivity index (χ0) is 6.69. The molecule has 1 heterocycles. The average Bonchev–Trinajstić information content (AvgIpc) is 1.90. The molecule has 1 aliphatic heterocycles. The van der Waals surface area contributed by atoms with Crippen LogP contribution in [0.25, 0.3) is 0 Å². The number of carbonyl (C=O) groups is 1. The summed E-state index contributed by atoms with van der Waals surface area (Å²) >= 11 is 0. The lowest BCUT2D eigenvalue weighted by molar-refractivity contribution is -0.147. The highest BCUT2D eigenvalue weighted by Crippen LogP contribution is 2.09. The third kappa shape index (κ3) is 2.27. The van der Waals surface area contributed by atoms with E-state index in [1.807, 2.05) is 6.08 Å². The number of allylic oxidation sites excluding steroid dienone is 1. The van der Waals surface area contributed by atoms with Gasteiger partial charge in [-0.2, -0.15) is 0 Å². The van der Waals surface area contributed by atoms with Crippen molar-refractivity contribution in [2.24, 2.45) is 0 Å². The summed E-state index contributed by atoms with van der Waals surface area (Å²) in [4.78, 5) is 10.2. The molecule has 58 valence electrons. The molecular weight excluding hydrogens is 156 g/mol. The van der Waals surface area contributed by atoms with Crippen LogP contribution in [-0.4, -0.2) is 17.2 Å². The summed E-state index contributed by atoms with van der Waals surface area (Å²) < 4.78 is 4.76. The van der Waals surface area contributed by atoms with Gasteiger partial charge >= 0.3 is 5.97 Å². The Balaban J connectivity index is 0.000000810. The van der Waals surface area contributed by atoms with Crippen molar-refractivity contribution < 1.29 is 14.6 Å². The van der Waals surface area contributed by atoms with Gasteiger partial charge in [0, 0.05) is 0 Å². The zero-order valence-electron chi connectivity index (χ0n) is 5.32. The van der Waals surface area contributed by atoms with Crippen molar-refractivity contribution in [1.82, 2.24) is 0 Å². The third-order valence-corrected chi connectivity index (χ3v) is 1.21. The first-order chi connectivity index (χ1) is 4.30. The Morgan fingerprint density at radius 1 is 1.70 bits per heavy atom. The van der Waals surface area contributed by atoms with E-state index in [1.54, 1.807) is 0 Å². The van der Waals surface area contributed by atoms with Crippen LogP contribution in [0.4, 0.5) is 0 Å². The lowest BCUT2D eigenvalue weighted by atomic mass is 10.2. The van der Waals surface area contributed by atoms with Gasteiger partial charge in [-0.05, 0) is 18.9 Å². The standard InChI is InChI=1S/C6H8O3.ClH/c7-6(8)5-3-1-2-4-9-5;/h2,4-5H,1,3H2,(H,7,8);1H. The van der Waals surface area contributed by atoms with Crippen molar-refractivity contribution in [1.29, 1.82) is 0 Å². The van der Waals surface area contributed by atoms with Gasteiger partial charge in [0.05, 0.1) is 6.26 Å². The highest BCUT2D eigenvalue weighted by molar-refractivity contribution is 5.85. The maximum absolute atomic E-state index is 10.2. The molecule has 0 saturated carbocycles. The quantitative estimate of drug-likeness (QED) is 0.633. The Labute approximate surface area is 65.1 Å². The van der Waals surface area contributed by atoms with Gasteiger partial charge < -0.3 is 9.84 Å². The van der Waals surface area contributed by atoms with Crippen molar-refractivity contribution >= 4 is 18.4 Å². The first-order valence-corrected chi connectivity index (χ1v) is 2.84. The molecule has 1 unspecified atom stereocenters. The highest BCUT2D eigenvalue weighted by Gasteiger charge is 2.18. The minimum absolute atomic E-state index is 0. The number of ether oxygens (including phenoxy) is 1. The Morgan fingerprint density at radius 2 is 2.40 bits per heavy atom.